The molecule has 1 N–H and O–H groups in total. The predicted molar refractivity (Wildman–Crippen MR) is 62.7 cm³/mol. The molecule has 2 rings (SSSR count). The maximum Gasteiger partial charge on any atom is 0.268 e. The Hall–Kier alpha value is -2.10. The van der Waals surface area contributed by atoms with Crippen LogP contribution in [0.5, 0.6) is 0 Å². The summed E-state index contributed by atoms with van der Waals surface area (Å²) in [7, 11) is 0. The van der Waals surface area contributed by atoms with Crippen molar-refractivity contribution < 1.29 is 0 Å². The molecule has 0 atom stereocenters. The Morgan fingerprint density at radius 3 is 2.94 bits per heavy atom. The molecule has 0 fully saturated rings. The zero-order valence-corrected chi connectivity index (χ0v) is 9.05. The maximum absolute atomic E-state index is 11.4. The molecule has 0 amide bonds. The van der Waals surface area contributed by atoms with E-state index in [4.69, 9.17) is 0 Å². The first-order valence-corrected chi connectivity index (χ1v) is 5.09. The summed E-state index contributed by atoms with van der Waals surface area (Å²) in [5.41, 5.74) is 4.99. The SMILES string of the molecule is Cc1cccnc1CNn1ccccc1=O. The third kappa shape index (κ3) is 2.28. The summed E-state index contributed by atoms with van der Waals surface area (Å²) < 4.78 is 1.45. The van der Waals surface area contributed by atoms with Crippen molar-refractivity contribution in [2.45, 2.75) is 13.5 Å². The van der Waals surface area contributed by atoms with Gasteiger partial charge in [-0.05, 0) is 24.6 Å². The molecule has 4 nitrogen and oxygen atoms in total. The van der Waals surface area contributed by atoms with Crippen LogP contribution in [0.3, 0.4) is 0 Å². The lowest BCUT2D eigenvalue weighted by molar-refractivity contribution is 0.786. The molecule has 0 radical (unpaired) electrons. The molecule has 2 aromatic rings. The summed E-state index contributed by atoms with van der Waals surface area (Å²) in [4.78, 5) is 15.7. The van der Waals surface area contributed by atoms with Crippen LogP contribution in [0.15, 0.2) is 47.5 Å². The molecule has 0 saturated heterocycles. The molecule has 0 aromatic carbocycles. The lowest BCUT2D eigenvalue weighted by Gasteiger charge is -2.09. The van der Waals surface area contributed by atoms with E-state index in [0.29, 0.717) is 6.54 Å². The number of rotatable bonds is 3. The number of aromatic nitrogens is 2. The van der Waals surface area contributed by atoms with Gasteiger partial charge in [0.15, 0.2) is 0 Å². The van der Waals surface area contributed by atoms with E-state index in [9.17, 15) is 4.79 Å². The fraction of sp³-hybridized carbons (Fsp3) is 0.167. The van der Waals surface area contributed by atoms with Crippen LogP contribution in [0.25, 0.3) is 0 Å². The lowest BCUT2D eigenvalue weighted by Crippen LogP contribution is -2.27. The highest BCUT2D eigenvalue weighted by molar-refractivity contribution is 5.18. The molecule has 0 aliphatic carbocycles. The van der Waals surface area contributed by atoms with Gasteiger partial charge in [-0.2, -0.15) is 0 Å². The summed E-state index contributed by atoms with van der Waals surface area (Å²) >= 11 is 0. The molecule has 2 aromatic heterocycles. The van der Waals surface area contributed by atoms with Crippen molar-refractivity contribution in [3.63, 3.8) is 0 Å². The monoisotopic (exact) mass is 215 g/mol. The van der Waals surface area contributed by atoms with Crippen molar-refractivity contribution in [2.24, 2.45) is 0 Å². The van der Waals surface area contributed by atoms with Crippen LogP contribution >= 0.6 is 0 Å². The van der Waals surface area contributed by atoms with E-state index < -0.39 is 0 Å². The number of pyridine rings is 2. The minimum absolute atomic E-state index is 0.0731. The smallest absolute Gasteiger partial charge is 0.268 e. The van der Waals surface area contributed by atoms with Gasteiger partial charge >= 0.3 is 0 Å². The summed E-state index contributed by atoms with van der Waals surface area (Å²) in [6.45, 7) is 2.54. The van der Waals surface area contributed by atoms with Gasteiger partial charge in [0.2, 0.25) is 0 Å². The van der Waals surface area contributed by atoms with Crippen LogP contribution in [-0.2, 0) is 6.54 Å². The van der Waals surface area contributed by atoms with E-state index in [2.05, 4.69) is 10.4 Å². The minimum Gasteiger partial charge on any atom is -0.317 e. The highest BCUT2D eigenvalue weighted by atomic mass is 16.1. The number of nitrogens with zero attached hydrogens (tertiary/aromatic N) is 2. The first-order valence-electron chi connectivity index (χ1n) is 5.09. The zero-order chi connectivity index (χ0) is 11.4. The second-order valence-corrected chi connectivity index (χ2v) is 3.51. The average molecular weight is 215 g/mol. The quantitative estimate of drug-likeness (QED) is 0.839. The second-order valence-electron chi connectivity index (χ2n) is 3.51. The summed E-state index contributed by atoms with van der Waals surface area (Å²) in [6.07, 6.45) is 3.44. The molecule has 0 spiro atoms. The number of nitrogens with one attached hydrogen (secondary N) is 1. The molecule has 16 heavy (non-hydrogen) atoms. The van der Waals surface area contributed by atoms with Crippen molar-refractivity contribution in [1.29, 1.82) is 0 Å². The third-order valence-corrected chi connectivity index (χ3v) is 2.36. The number of hydrogen-bond acceptors (Lipinski definition) is 3. The van der Waals surface area contributed by atoms with E-state index in [1.165, 1.54) is 10.7 Å². The van der Waals surface area contributed by atoms with Crippen molar-refractivity contribution in [3.05, 3.63) is 64.3 Å². The van der Waals surface area contributed by atoms with Crippen LogP contribution in [0.2, 0.25) is 0 Å². The van der Waals surface area contributed by atoms with Crippen LogP contribution in [0.4, 0.5) is 0 Å². The van der Waals surface area contributed by atoms with E-state index in [1.54, 1.807) is 24.5 Å². The van der Waals surface area contributed by atoms with Gasteiger partial charge in [0.25, 0.3) is 5.56 Å². The Labute approximate surface area is 93.5 Å². The average Bonchev–Trinajstić information content (AvgIpc) is 2.30. The topological polar surface area (TPSA) is 46.9 Å². The normalized spacial score (nSPS) is 10.1. The lowest BCUT2D eigenvalue weighted by atomic mass is 10.2. The Bertz CT molecular complexity index is 534. The third-order valence-electron chi connectivity index (χ3n) is 2.36. The van der Waals surface area contributed by atoms with Gasteiger partial charge in [0.1, 0.15) is 0 Å². The van der Waals surface area contributed by atoms with Gasteiger partial charge in [0, 0.05) is 18.5 Å². The van der Waals surface area contributed by atoms with Gasteiger partial charge in [-0.3, -0.25) is 9.78 Å². The van der Waals surface area contributed by atoms with Gasteiger partial charge in [-0.1, -0.05) is 12.1 Å². The molecular formula is C12H13N3O. The van der Waals surface area contributed by atoms with Crippen LogP contribution in [0.1, 0.15) is 11.3 Å². The predicted octanol–water partition coefficient (Wildman–Crippen LogP) is 1.30. The minimum atomic E-state index is -0.0731. The van der Waals surface area contributed by atoms with Gasteiger partial charge in [-0.15, -0.1) is 0 Å². The molecule has 0 bridgehead atoms. The van der Waals surface area contributed by atoms with Crippen molar-refractivity contribution in [2.75, 3.05) is 5.43 Å². The zero-order valence-electron chi connectivity index (χ0n) is 9.05. The largest absolute Gasteiger partial charge is 0.317 e. The van der Waals surface area contributed by atoms with E-state index in [-0.39, 0.29) is 5.56 Å². The molecule has 0 aliphatic rings. The molecule has 0 saturated carbocycles. The van der Waals surface area contributed by atoms with Crippen molar-refractivity contribution >= 4 is 0 Å². The highest BCUT2D eigenvalue weighted by Gasteiger charge is 1.98. The summed E-state index contributed by atoms with van der Waals surface area (Å²) in [5.74, 6) is 0. The first-order chi connectivity index (χ1) is 7.77. The molecule has 82 valence electrons. The Morgan fingerprint density at radius 2 is 2.19 bits per heavy atom. The Balaban J connectivity index is 2.12. The van der Waals surface area contributed by atoms with Crippen molar-refractivity contribution in [1.82, 2.24) is 9.66 Å². The Kier molecular flexibility index (Phi) is 3.00. The molecule has 2 heterocycles. The fourth-order valence-electron chi connectivity index (χ4n) is 1.42. The van der Waals surface area contributed by atoms with Gasteiger partial charge in [0.05, 0.1) is 12.2 Å². The Morgan fingerprint density at radius 1 is 1.31 bits per heavy atom. The van der Waals surface area contributed by atoms with Crippen LogP contribution < -0.4 is 11.0 Å². The molecule has 0 unspecified atom stereocenters. The maximum atomic E-state index is 11.4. The van der Waals surface area contributed by atoms with Crippen molar-refractivity contribution in [3.8, 4) is 0 Å². The fourth-order valence-corrected chi connectivity index (χ4v) is 1.42. The highest BCUT2D eigenvalue weighted by Crippen LogP contribution is 2.02. The molecule has 4 heteroatoms. The van der Waals surface area contributed by atoms with Crippen LogP contribution in [0, 0.1) is 6.92 Å². The number of hydrogen-bond donors (Lipinski definition) is 1. The molecule has 0 aliphatic heterocycles. The molecular weight excluding hydrogens is 202 g/mol. The van der Waals surface area contributed by atoms with Gasteiger partial charge < -0.3 is 5.43 Å². The number of aryl methyl sites for hydroxylation is 1. The van der Waals surface area contributed by atoms with Gasteiger partial charge in [-0.25, -0.2) is 4.68 Å². The van der Waals surface area contributed by atoms with E-state index in [0.717, 1.165) is 11.3 Å². The second kappa shape index (κ2) is 4.61. The summed E-state index contributed by atoms with van der Waals surface area (Å²) in [6, 6.07) is 8.93. The summed E-state index contributed by atoms with van der Waals surface area (Å²) in [5, 5.41) is 0. The standard InChI is InChI=1S/C12H13N3O/c1-10-5-4-7-13-11(10)9-14-15-8-3-2-6-12(15)16/h2-8,14H,9H2,1H3. The van der Waals surface area contributed by atoms with Crippen LogP contribution in [-0.4, -0.2) is 9.66 Å². The van der Waals surface area contributed by atoms with E-state index >= 15 is 0 Å². The van der Waals surface area contributed by atoms with E-state index in [1.807, 2.05) is 19.1 Å². The first kappa shape index (κ1) is 10.4.